The van der Waals surface area contributed by atoms with E-state index in [1.165, 1.54) is 11.1 Å². The van der Waals surface area contributed by atoms with Gasteiger partial charge in [-0.1, -0.05) is 31.2 Å². The van der Waals surface area contributed by atoms with Gasteiger partial charge in [0.1, 0.15) is 0 Å². The van der Waals surface area contributed by atoms with Gasteiger partial charge in [-0.2, -0.15) is 0 Å². The molecule has 130 valence electrons. The lowest BCUT2D eigenvalue weighted by Crippen LogP contribution is -2.43. The number of fused-ring (bicyclic) bond motifs is 1. The Balaban J connectivity index is 1.81. The minimum Gasteiger partial charge on any atom is -0.366 e. The van der Waals surface area contributed by atoms with Crippen molar-refractivity contribution in [3.63, 3.8) is 0 Å². The molecule has 1 unspecified atom stereocenters. The zero-order chi connectivity index (χ0) is 17.8. The number of rotatable bonds is 5. The van der Waals surface area contributed by atoms with E-state index >= 15 is 0 Å². The maximum absolute atomic E-state index is 13.0. The number of amides is 2. The van der Waals surface area contributed by atoms with E-state index in [4.69, 9.17) is 5.73 Å². The Morgan fingerprint density at radius 2 is 1.68 bits per heavy atom. The Hall–Kier alpha value is -2.62. The summed E-state index contributed by atoms with van der Waals surface area (Å²) in [5.74, 6) is -0.449. The highest BCUT2D eigenvalue weighted by Gasteiger charge is 2.27. The monoisotopic (exact) mass is 336 g/mol. The summed E-state index contributed by atoms with van der Waals surface area (Å²) in [6.45, 7) is 2.83. The van der Waals surface area contributed by atoms with Crippen LogP contribution in [0, 0.1) is 0 Å². The molecule has 0 saturated carbocycles. The largest absolute Gasteiger partial charge is 0.366 e. The Bertz CT molecular complexity index is 768. The van der Waals surface area contributed by atoms with E-state index in [2.05, 4.69) is 31.2 Å². The van der Waals surface area contributed by atoms with Gasteiger partial charge in [-0.25, -0.2) is 0 Å². The first-order valence-electron chi connectivity index (χ1n) is 8.87. The number of nitrogens with zero attached hydrogens (tertiary/aromatic N) is 1. The number of hydrogen-bond donors (Lipinski definition) is 1. The first-order valence-corrected chi connectivity index (χ1v) is 8.87. The molecule has 4 heteroatoms. The van der Waals surface area contributed by atoms with Crippen molar-refractivity contribution >= 4 is 11.8 Å². The van der Waals surface area contributed by atoms with Gasteiger partial charge in [-0.05, 0) is 61.1 Å². The fourth-order valence-electron chi connectivity index (χ4n) is 3.58. The highest BCUT2D eigenvalue weighted by molar-refractivity contribution is 5.97. The van der Waals surface area contributed by atoms with Crippen molar-refractivity contribution in [1.82, 2.24) is 4.90 Å². The molecular formula is C21H24N2O2. The third kappa shape index (κ3) is 3.73. The van der Waals surface area contributed by atoms with Gasteiger partial charge >= 0.3 is 0 Å². The number of benzene rings is 2. The molecule has 2 aromatic carbocycles. The van der Waals surface area contributed by atoms with Crippen LogP contribution in [0.2, 0.25) is 0 Å². The van der Waals surface area contributed by atoms with E-state index < -0.39 is 5.91 Å². The van der Waals surface area contributed by atoms with Crippen LogP contribution in [0.25, 0.3) is 0 Å². The summed E-state index contributed by atoms with van der Waals surface area (Å²) < 4.78 is 0. The Kier molecular flexibility index (Phi) is 5.17. The van der Waals surface area contributed by atoms with Crippen LogP contribution < -0.4 is 5.73 Å². The zero-order valence-electron chi connectivity index (χ0n) is 14.6. The fourth-order valence-corrected chi connectivity index (χ4v) is 3.58. The second-order valence-electron chi connectivity index (χ2n) is 6.61. The molecule has 1 atom stereocenters. The molecule has 1 aliphatic carbocycles. The van der Waals surface area contributed by atoms with Crippen molar-refractivity contribution in [2.75, 3.05) is 6.54 Å². The number of carbonyl (C=O) groups is 2. The van der Waals surface area contributed by atoms with Crippen LogP contribution in [-0.2, 0) is 12.8 Å². The standard InChI is InChI=1S/C21H24N2O2/c1-2-13-23(19-12-11-15-5-3-4-6-18(15)14-19)21(25)17-9-7-16(8-10-17)20(22)24/h3-10,19H,2,11-14H2,1H3,(H2,22,24). The summed E-state index contributed by atoms with van der Waals surface area (Å²) in [6, 6.07) is 15.3. The smallest absolute Gasteiger partial charge is 0.254 e. The second kappa shape index (κ2) is 7.51. The van der Waals surface area contributed by atoms with Crippen LogP contribution in [0.3, 0.4) is 0 Å². The topological polar surface area (TPSA) is 63.4 Å². The van der Waals surface area contributed by atoms with E-state index in [1.54, 1.807) is 24.3 Å². The number of carbonyl (C=O) groups excluding carboxylic acids is 2. The molecule has 0 bridgehead atoms. The molecule has 0 heterocycles. The third-order valence-electron chi connectivity index (χ3n) is 4.90. The SMILES string of the molecule is CCCN(C(=O)c1ccc(C(N)=O)cc1)C1CCc2ccccc2C1. The van der Waals surface area contributed by atoms with Crippen LogP contribution >= 0.6 is 0 Å². The van der Waals surface area contributed by atoms with E-state index in [9.17, 15) is 9.59 Å². The molecule has 3 rings (SSSR count). The van der Waals surface area contributed by atoms with Gasteiger partial charge in [0.05, 0.1) is 0 Å². The first kappa shape index (κ1) is 17.2. The first-order chi connectivity index (χ1) is 12.1. The number of hydrogen-bond acceptors (Lipinski definition) is 2. The summed E-state index contributed by atoms with van der Waals surface area (Å²) in [5, 5.41) is 0. The number of aryl methyl sites for hydroxylation is 1. The number of primary amides is 1. The minimum atomic E-state index is -0.478. The average molecular weight is 336 g/mol. The van der Waals surface area contributed by atoms with Gasteiger partial charge in [0.15, 0.2) is 0 Å². The predicted molar refractivity (Wildman–Crippen MR) is 98.5 cm³/mol. The van der Waals surface area contributed by atoms with Crippen molar-refractivity contribution in [2.45, 2.75) is 38.6 Å². The Morgan fingerprint density at radius 3 is 2.32 bits per heavy atom. The minimum absolute atomic E-state index is 0.0299. The van der Waals surface area contributed by atoms with Crippen molar-refractivity contribution in [3.8, 4) is 0 Å². The molecule has 0 spiro atoms. The zero-order valence-corrected chi connectivity index (χ0v) is 14.6. The predicted octanol–water partition coefficient (Wildman–Crippen LogP) is 3.20. The molecule has 0 saturated heterocycles. The molecule has 0 fully saturated rings. The van der Waals surface area contributed by atoms with Gasteiger partial charge in [0.25, 0.3) is 5.91 Å². The lowest BCUT2D eigenvalue weighted by molar-refractivity contribution is 0.0661. The van der Waals surface area contributed by atoms with Gasteiger partial charge in [0, 0.05) is 23.7 Å². The van der Waals surface area contributed by atoms with E-state index in [0.29, 0.717) is 11.1 Å². The maximum atomic E-state index is 13.0. The highest BCUT2D eigenvalue weighted by Crippen LogP contribution is 2.26. The fraction of sp³-hybridized carbons (Fsp3) is 0.333. The lowest BCUT2D eigenvalue weighted by Gasteiger charge is -2.35. The van der Waals surface area contributed by atoms with Gasteiger partial charge in [-0.15, -0.1) is 0 Å². The summed E-state index contributed by atoms with van der Waals surface area (Å²) in [7, 11) is 0. The van der Waals surface area contributed by atoms with Crippen molar-refractivity contribution in [3.05, 3.63) is 70.8 Å². The lowest BCUT2D eigenvalue weighted by atomic mass is 9.87. The van der Waals surface area contributed by atoms with Crippen LogP contribution in [0.5, 0.6) is 0 Å². The molecule has 1 aliphatic rings. The number of nitrogens with two attached hydrogens (primary N) is 1. The summed E-state index contributed by atoms with van der Waals surface area (Å²) >= 11 is 0. The second-order valence-corrected chi connectivity index (χ2v) is 6.61. The van der Waals surface area contributed by atoms with Crippen LogP contribution in [0.1, 0.15) is 51.6 Å². The van der Waals surface area contributed by atoms with Crippen molar-refractivity contribution in [2.24, 2.45) is 5.73 Å². The third-order valence-corrected chi connectivity index (χ3v) is 4.90. The quantitative estimate of drug-likeness (QED) is 0.911. The van der Waals surface area contributed by atoms with Gasteiger partial charge in [-0.3, -0.25) is 9.59 Å². The molecule has 2 N–H and O–H groups in total. The Labute approximate surface area is 148 Å². The van der Waals surface area contributed by atoms with E-state index in [1.807, 2.05) is 4.90 Å². The normalized spacial score (nSPS) is 16.1. The van der Waals surface area contributed by atoms with E-state index in [-0.39, 0.29) is 11.9 Å². The maximum Gasteiger partial charge on any atom is 0.254 e. The molecular weight excluding hydrogens is 312 g/mol. The molecule has 0 aliphatic heterocycles. The Morgan fingerprint density at radius 1 is 1.04 bits per heavy atom. The van der Waals surface area contributed by atoms with Crippen LogP contribution in [0.4, 0.5) is 0 Å². The van der Waals surface area contributed by atoms with Gasteiger partial charge < -0.3 is 10.6 Å². The molecule has 25 heavy (non-hydrogen) atoms. The van der Waals surface area contributed by atoms with Crippen LogP contribution in [-0.4, -0.2) is 29.3 Å². The summed E-state index contributed by atoms with van der Waals surface area (Å²) in [6.07, 6.45) is 3.82. The molecule has 2 aromatic rings. The van der Waals surface area contributed by atoms with Crippen molar-refractivity contribution in [1.29, 1.82) is 0 Å². The molecule has 2 amide bonds. The average Bonchev–Trinajstić information content (AvgIpc) is 2.65. The molecule has 0 radical (unpaired) electrons. The van der Waals surface area contributed by atoms with Gasteiger partial charge in [0.2, 0.25) is 5.91 Å². The highest BCUT2D eigenvalue weighted by atomic mass is 16.2. The summed E-state index contributed by atoms with van der Waals surface area (Å²) in [4.78, 5) is 26.2. The van der Waals surface area contributed by atoms with E-state index in [0.717, 1.165) is 32.2 Å². The van der Waals surface area contributed by atoms with Crippen LogP contribution in [0.15, 0.2) is 48.5 Å². The summed E-state index contributed by atoms with van der Waals surface area (Å²) in [5.41, 5.74) is 9.05. The molecule has 4 nitrogen and oxygen atoms in total. The van der Waals surface area contributed by atoms with Crippen molar-refractivity contribution < 1.29 is 9.59 Å². The molecule has 0 aromatic heterocycles.